The van der Waals surface area contributed by atoms with Gasteiger partial charge in [0.2, 0.25) is 0 Å². The molecular weight excluding hydrogens is 278 g/mol. The third-order valence-electron chi connectivity index (χ3n) is 4.30. The Kier molecular flexibility index (Phi) is 5.80. The summed E-state index contributed by atoms with van der Waals surface area (Å²) in [5.41, 5.74) is 0. The zero-order valence-electron chi connectivity index (χ0n) is 12.5. The van der Waals surface area contributed by atoms with Crippen molar-refractivity contribution in [1.82, 2.24) is 13.9 Å². The maximum absolute atomic E-state index is 12.5. The topological polar surface area (TPSA) is 61.9 Å². The normalized spacial score (nSPS) is 30.5. The van der Waals surface area contributed by atoms with Crippen molar-refractivity contribution in [2.75, 3.05) is 39.8 Å². The average Bonchev–Trinajstić information content (AvgIpc) is 2.64. The zero-order valence-corrected chi connectivity index (χ0v) is 13.4. The van der Waals surface area contributed by atoms with Crippen LogP contribution in [0.1, 0.15) is 32.6 Å². The Morgan fingerprint density at radius 1 is 1.15 bits per heavy atom. The molecule has 0 radical (unpaired) electrons. The zero-order chi connectivity index (χ0) is 14.6. The fraction of sp³-hybridized carbons (Fsp3) is 1.00. The molecule has 0 unspecified atom stereocenters. The fourth-order valence-electron chi connectivity index (χ4n) is 3.01. The van der Waals surface area contributed by atoms with Crippen LogP contribution in [0.25, 0.3) is 0 Å². The molecule has 6 nitrogen and oxygen atoms in total. The molecule has 0 aromatic rings. The molecule has 0 spiro atoms. The van der Waals surface area contributed by atoms with Crippen LogP contribution >= 0.6 is 0 Å². The van der Waals surface area contributed by atoms with Gasteiger partial charge in [-0.05, 0) is 19.4 Å². The predicted octanol–water partition coefficient (Wildman–Crippen LogP) is 0.416. The van der Waals surface area contributed by atoms with Crippen LogP contribution in [0, 0.1) is 0 Å². The van der Waals surface area contributed by atoms with E-state index in [4.69, 9.17) is 4.74 Å². The van der Waals surface area contributed by atoms with Crippen LogP contribution in [0.15, 0.2) is 0 Å². The van der Waals surface area contributed by atoms with Gasteiger partial charge in [-0.3, -0.25) is 4.90 Å². The number of likely N-dealkylation sites (tertiary alicyclic amines) is 1. The highest BCUT2D eigenvalue weighted by Crippen LogP contribution is 2.17. The van der Waals surface area contributed by atoms with Crippen molar-refractivity contribution in [1.29, 1.82) is 0 Å². The molecule has 2 saturated heterocycles. The third kappa shape index (κ3) is 3.92. The van der Waals surface area contributed by atoms with Crippen molar-refractivity contribution in [3.05, 3.63) is 0 Å². The molecule has 2 aliphatic rings. The number of nitrogens with one attached hydrogen (secondary N) is 1. The lowest BCUT2D eigenvalue weighted by Crippen LogP contribution is -2.50. The number of nitrogens with zero attached hydrogens (tertiary/aromatic N) is 2. The predicted molar refractivity (Wildman–Crippen MR) is 78.8 cm³/mol. The second-order valence-corrected chi connectivity index (χ2v) is 7.37. The molecule has 0 bridgehead atoms. The van der Waals surface area contributed by atoms with Gasteiger partial charge in [0.05, 0.1) is 12.1 Å². The molecule has 2 heterocycles. The lowest BCUT2D eigenvalue weighted by molar-refractivity contribution is 0.0949. The second-order valence-electron chi connectivity index (χ2n) is 5.67. The standard InChI is InChI=1S/C13H27N3O3S/c1-3-15-10-12(13(11-15)19-2)14-20(17,18)16-8-6-4-5-7-9-16/h12-14H,3-11H2,1-2H3/t12-,13-/m0/s1. The lowest BCUT2D eigenvalue weighted by Gasteiger charge is -2.25. The number of hydrogen-bond donors (Lipinski definition) is 1. The van der Waals surface area contributed by atoms with Crippen molar-refractivity contribution in [2.45, 2.75) is 44.8 Å². The van der Waals surface area contributed by atoms with Crippen LogP contribution in [0.5, 0.6) is 0 Å². The molecule has 0 aromatic carbocycles. The average molecular weight is 305 g/mol. The summed E-state index contributed by atoms with van der Waals surface area (Å²) in [4.78, 5) is 2.21. The highest BCUT2D eigenvalue weighted by Gasteiger charge is 2.36. The number of ether oxygens (including phenoxy) is 1. The minimum absolute atomic E-state index is 0.0586. The summed E-state index contributed by atoms with van der Waals surface area (Å²) in [5.74, 6) is 0. The summed E-state index contributed by atoms with van der Waals surface area (Å²) in [7, 11) is -1.74. The molecule has 20 heavy (non-hydrogen) atoms. The summed E-state index contributed by atoms with van der Waals surface area (Å²) < 4.78 is 34.9. The molecule has 2 rings (SSSR count). The molecule has 0 aliphatic carbocycles. The monoisotopic (exact) mass is 305 g/mol. The first-order chi connectivity index (χ1) is 9.56. The van der Waals surface area contributed by atoms with Crippen LogP contribution in [0.2, 0.25) is 0 Å². The van der Waals surface area contributed by atoms with Crippen LogP contribution in [-0.2, 0) is 14.9 Å². The molecule has 0 amide bonds. The van der Waals surface area contributed by atoms with E-state index in [9.17, 15) is 8.42 Å². The van der Waals surface area contributed by atoms with E-state index in [1.807, 2.05) is 0 Å². The summed E-state index contributed by atoms with van der Waals surface area (Å²) in [6.07, 6.45) is 4.11. The summed E-state index contributed by atoms with van der Waals surface area (Å²) in [5, 5.41) is 0. The fourth-order valence-corrected chi connectivity index (χ4v) is 4.51. The van der Waals surface area contributed by atoms with Crippen LogP contribution in [0.3, 0.4) is 0 Å². The molecule has 1 N–H and O–H groups in total. The Bertz CT molecular complexity index is 394. The van der Waals surface area contributed by atoms with Crippen molar-refractivity contribution in [3.8, 4) is 0 Å². The van der Waals surface area contributed by atoms with E-state index < -0.39 is 10.2 Å². The van der Waals surface area contributed by atoms with Crippen LogP contribution < -0.4 is 4.72 Å². The van der Waals surface area contributed by atoms with Gasteiger partial charge in [0, 0.05) is 33.3 Å². The summed E-state index contributed by atoms with van der Waals surface area (Å²) in [6.45, 7) is 5.79. The Morgan fingerprint density at radius 2 is 1.80 bits per heavy atom. The molecule has 7 heteroatoms. The minimum atomic E-state index is -3.39. The maximum atomic E-state index is 12.5. The van der Waals surface area contributed by atoms with E-state index in [1.165, 1.54) is 0 Å². The first-order valence-electron chi connectivity index (χ1n) is 7.59. The van der Waals surface area contributed by atoms with Crippen molar-refractivity contribution < 1.29 is 13.2 Å². The second kappa shape index (κ2) is 7.17. The van der Waals surface area contributed by atoms with E-state index in [1.54, 1.807) is 11.4 Å². The summed E-state index contributed by atoms with van der Waals surface area (Å²) >= 11 is 0. The van der Waals surface area contributed by atoms with Gasteiger partial charge in [0.25, 0.3) is 10.2 Å². The molecule has 2 atom stereocenters. The molecule has 118 valence electrons. The molecule has 0 saturated carbocycles. The van der Waals surface area contributed by atoms with E-state index in [0.29, 0.717) is 13.1 Å². The number of likely N-dealkylation sites (N-methyl/N-ethyl adjacent to an activating group) is 1. The van der Waals surface area contributed by atoms with Gasteiger partial charge in [0.15, 0.2) is 0 Å². The largest absolute Gasteiger partial charge is 0.378 e. The van der Waals surface area contributed by atoms with E-state index >= 15 is 0 Å². The number of methoxy groups -OCH3 is 1. The lowest BCUT2D eigenvalue weighted by atomic mass is 10.2. The van der Waals surface area contributed by atoms with Gasteiger partial charge < -0.3 is 4.74 Å². The molecule has 0 aromatic heterocycles. The number of rotatable bonds is 5. The first kappa shape index (κ1) is 16.2. The quantitative estimate of drug-likeness (QED) is 0.799. The number of hydrogen-bond acceptors (Lipinski definition) is 4. The van der Waals surface area contributed by atoms with E-state index in [2.05, 4.69) is 16.5 Å². The Hall–Kier alpha value is -0.210. The maximum Gasteiger partial charge on any atom is 0.279 e. The van der Waals surface area contributed by atoms with Crippen LogP contribution in [-0.4, -0.2) is 69.6 Å². The van der Waals surface area contributed by atoms with Gasteiger partial charge in [-0.1, -0.05) is 19.8 Å². The molecule has 2 fully saturated rings. The van der Waals surface area contributed by atoms with Gasteiger partial charge in [-0.25, -0.2) is 0 Å². The van der Waals surface area contributed by atoms with Crippen molar-refractivity contribution in [3.63, 3.8) is 0 Å². The van der Waals surface area contributed by atoms with Crippen LogP contribution in [0.4, 0.5) is 0 Å². The van der Waals surface area contributed by atoms with Gasteiger partial charge in [-0.15, -0.1) is 0 Å². The minimum Gasteiger partial charge on any atom is -0.378 e. The van der Waals surface area contributed by atoms with Crippen molar-refractivity contribution >= 4 is 10.2 Å². The third-order valence-corrected chi connectivity index (χ3v) is 5.94. The van der Waals surface area contributed by atoms with E-state index in [0.717, 1.165) is 45.3 Å². The Labute approximate surface area is 122 Å². The molecule has 2 aliphatic heterocycles. The summed E-state index contributed by atoms with van der Waals surface area (Å²) in [6, 6.07) is -0.145. The van der Waals surface area contributed by atoms with Gasteiger partial charge >= 0.3 is 0 Å². The smallest absolute Gasteiger partial charge is 0.279 e. The van der Waals surface area contributed by atoms with E-state index in [-0.39, 0.29) is 12.1 Å². The van der Waals surface area contributed by atoms with Gasteiger partial charge in [0.1, 0.15) is 0 Å². The highest BCUT2D eigenvalue weighted by atomic mass is 32.2. The first-order valence-corrected chi connectivity index (χ1v) is 9.03. The Morgan fingerprint density at radius 3 is 2.35 bits per heavy atom. The highest BCUT2D eigenvalue weighted by molar-refractivity contribution is 7.87. The Balaban J connectivity index is 1.99. The van der Waals surface area contributed by atoms with Gasteiger partial charge in [-0.2, -0.15) is 17.4 Å². The molecular formula is C13H27N3O3S. The SMILES string of the molecule is CCN1C[C@H](NS(=O)(=O)N2CCCCCC2)[C@@H](OC)C1. The van der Waals surface area contributed by atoms with Crippen molar-refractivity contribution in [2.24, 2.45) is 0 Å².